The number of amides is 1. The Labute approximate surface area is 106 Å². The molecule has 0 heterocycles. The van der Waals surface area contributed by atoms with E-state index >= 15 is 0 Å². The predicted octanol–water partition coefficient (Wildman–Crippen LogP) is 1.56. The average molecular weight is 248 g/mol. The Morgan fingerprint density at radius 2 is 2.17 bits per heavy atom. The second-order valence-corrected chi connectivity index (χ2v) is 4.09. The van der Waals surface area contributed by atoms with Gasteiger partial charge in [-0.25, -0.2) is 5.43 Å². The van der Waals surface area contributed by atoms with Crippen molar-refractivity contribution < 1.29 is 14.3 Å². The molecule has 0 aromatic heterocycles. The molecule has 5 heteroatoms. The maximum absolute atomic E-state index is 11.4. The molecule has 0 saturated heterocycles. The lowest BCUT2D eigenvalue weighted by atomic mass is 10.2. The molecular formula is C13H16N2O3. The van der Waals surface area contributed by atoms with Gasteiger partial charge in [0.2, 0.25) is 5.91 Å². The maximum Gasteiger partial charge on any atom is 0.243 e. The number of nitrogens with zero attached hydrogens (tertiary/aromatic N) is 1. The number of carbonyl (C=O) groups excluding carboxylic acids is 1. The summed E-state index contributed by atoms with van der Waals surface area (Å²) in [6, 6.07) is 5.48. The fourth-order valence-electron chi connectivity index (χ4n) is 1.62. The highest BCUT2D eigenvalue weighted by atomic mass is 16.5. The van der Waals surface area contributed by atoms with E-state index in [1.54, 1.807) is 26.5 Å². The Morgan fingerprint density at radius 3 is 2.78 bits per heavy atom. The summed E-state index contributed by atoms with van der Waals surface area (Å²) in [5.74, 6) is 1.36. The Morgan fingerprint density at radius 1 is 1.39 bits per heavy atom. The van der Waals surface area contributed by atoms with Gasteiger partial charge in [-0.3, -0.25) is 4.79 Å². The lowest BCUT2D eigenvalue weighted by Crippen LogP contribution is -2.19. The van der Waals surface area contributed by atoms with Crippen molar-refractivity contribution in [2.45, 2.75) is 12.8 Å². The van der Waals surface area contributed by atoms with E-state index in [-0.39, 0.29) is 11.8 Å². The van der Waals surface area contributed by atoms with Crippen LogP contribution in [0.2, 0.25) is 0 Å². The second kappa shape index (κ2) is 5.53. The van der Waals surface area contributed by atoms with Crippen molar-refractivity contribution in [2.75, 3.05) is 14.2 Å². The van der Waals surface area contributed by atoms with Gasteiger partial charge in [0.1, 0.15) is 0 Å². The Hall–Kier alpha value is -2.04. The zero-order valence-electron chi connectivity index (χ0n) is 10.5. The zero-order valence-corrected chi connectivity index (χ0v) is 10.5. The molecule has 1 fully saturated rings. The van der Waals surface area contributed by atoms with E-state index in [1.165, 1.54) is 0 Å². The third-order valence-corrected chi connectivity index (χ3v) is 2.76. The molecule has 0 unspecified atom stereocenters. The lowest BCUT2D eigenvalue weighted by molar-refractivity contribution is -0.122. The van der Waals surface area contributed by atoms with E-state index in [2.05, 4.69) is 10.5 Å². The molecule has 1 aromatic rings. The molecule has 1 saturated carbocycles. The van der Waals surface area contributed by atoms with E-state index in [0.29, 0.717) is 11.5 Å². The molecular weight excluding hydrogens is 232 g/mol. The monoisotopic (exact) mass is 248 g/mol. The molecule has 1 aliphatic rings. The molecule has 0 atom stereocenters. The van der Waals surface area contributed by atoms with Crippen LogP contribution < -0.4 is 14.9 Å². The van der Waals surface area contributed by atoms with Crippen LogP contribution in [0.15, 0.2) is 23.3 Å². The highest BCUT2D eigenvalue weighted by molar-refractivity contribution is 5.87. The topological polar surface area (TPSA) is 59.9 Å². The van der Waals surface area contributed by atoms with Crippen molar-refractivity contribution in [3.8, 4) is 11.5 Å². The van der Waals surface area contributed by atoms with Gasteiger partial charge in [-0.05, 0) is 25.0 Å². The number of rotatable bonds is 5. The summed E-state index contributed by atoms with van der Waals surface area (Å²) in [6.45, 7) is 0. The number of hydrogen-bond donors (Lipinski definition) is 1. The van der Waals surface area contributed by atoms with Gasteiger partial charge in [0.15, 0.2) is 11.5 Å². The number of para-hydroxylation sites is 1. The van der Waals surface area contributed by atoms with Gasteiger partial charge in [0, 0.05) is 11.5 Å². The number of benzene rings is 1. The highest BCUT2D eigenvalue weighted by Gasteiger charge is 2.29. The quantitative estimate of drug-likeness (QED) is 0.635. The largest absolute Gasteiger partial charge is 0.493 e. The van der Waals surface area contributed by atoms with Crippen molar-refractivity contribution in [2.24, 2.45) is 11.0 Å². The van der Waals surface area contributed by atoms with Crippen molar-refractivity contribution >= 4 is 12.1 Å². The smallest absolute Gasteiger partial charge is 0.243 e. The SMILES string of the molecule is COc1cccc(/C=N\NC(=O)C2CC2)c1OC. The average Bonchev–Trinajstić information content (AvgIpc) is 3.22. The highest BCUT2D eigenvalue weighted by Crippen LogP contribution is 2.30. The van der Waals surface area contributed by atoms with Crippen molar-refractivity contribution in [3.05, 3.63) is 23.8 Å². The van der Waals surface area contributed by atoms with Crippen LogP contribution in [0.1, 0.15) is 18.4 Å². The van der Waals surface area contributed by atoms with Gasteiger partial charge in [0.05, 0.1) is 20.4 Å². The van der Waals surface area contributed by atoms with Crippen LogP contribution in [0.3, 0.4) is 0 Å². The summed E-state index contributed by atoms with van der Waals surface area (Å²) in [7, 11) is 3.14. The third-order valence-electron chi connectivity index (χ3n) is 2.76. The number of hydrogen-bond acceptors (Lipinski definition) is 4. The van der Waals surface area contributed by atoms with E-state index < -0.39 is 0 Å². The van der Waals surface area contributed by atoms with E-state index in [4.69, 9.17) is 9.47 Å². The van der Waals surface area contributed by atoms with Gasteiger partial charge >= 0.3 is 0 Å². The fraction of sp³-hybridized carbons (Fsp3) is 0.385. The van der Waals surface area contributed by atoms with Crippen LogP contribution in [0.4, 0.5) is 0 Å². The second-order valence-electron chi connectivity index (χ2n) is 4.09. The standard InChI is InChI=1S/C13H16N2O3/c1-17-11-5-3-4-10(12(11)18-2)8-14-15-13(16)9-6-7-9/h3-5,8-9H,6-7H2,1-2H3,(H,15,16)/b14-8-. The molecule has 1 N–H and O–H groups in total. The molecule has 5 nitrogen and oxygen atoms in total. The van der Waals surface area contributed by atoms with E-state index in [0.717, 1.165) is 18.4 Å². The molecule has 18 heavy (non-hydrogen) atoms. The minimum absolute atomic E-state index is 0.0203. The first kappa shape index (κ1) is 12.4. The summed E-state index contributed by atoms with van der Waals surface area (Å²) in [5.41, 5.74) is 3.27. The first-order chi connectivity index (χ1) is 8.76. The molecule has 1 aliphatic carbocycles. The maximum atomic E-state index is 11.4. The number of nitrogens with one attached hydrogen (secondary N) is 1. The minimum atomic E-state index is -0.0203. The number of carbonyl (C=O) groups is 1. The van der Waals surface area contributed by atoms with E-state index in [9.17, 15) is 4.79 Å². The van der Waals surface area contributed by atoms with Crippen molar-refractivity contribution in [1.82, 2.24) is 5.43 Å². The molecule has 96 valence electrons. The molecule has 0 radical (unpaired) electrons. The molecule has 0 bridgehead atoms. The van der Waals surface area contributed by atoms with Crippen LogP contribution >= 0.6 is 0 Å². The van der Waals surface area contributed by atoms with Gasteiger partial charge < -0.3 is 9.47 Å². The summed E-state index contributed by atoms with van der Waals surface area (Å²) in [6.07, 6.45) is 3.48. The minimum Gasteiger partial charge on any atom is -0.493 e. The van der Waals surface area contributed by atoms with Crippen LogP contribution in [-0.4, -0.2) is 26.3 Å². The number of hydrazone groups is 1. The summed E-state index contributed by atoms with van der Waals surface area (Å²) < 4.78 is 10.4. The van der Waals surface area contributed by atoms with Gasteiger partial charge in [-0.1, -0.05) is 6.07 Å². The Bertz CT molecular complexity index is 467. The van der Waals surface area contributed by atoms with Crippen LogP contribution in [-0.2, 0) is 4.79 Å². The molecule has 1 aromatic carbocycles. The van der Waals surface area contributed by atoms with Crippen LogP contribution in [0, 0.1) is 5.92 Å². The summed E-state index contributed by atoms with van der Waals surface area (Å²) in [5, 5.41) is 3.93. The number of methoxy groups -OCH3 is 2. The summed E-state index contributed by atoms with van der Waals surface area (Å²) >= 11 is 0. The van der Waals surface area contributed by atoms with Gasteiger partial charge in [-0.15, -0.1) is 0 Å². The van der Waals surface area contributed by atoms with Gasteiger partial charge in [0.25, 0.3) is 0 Å². The van der Waals surface area contributed by atoms with Crippen LogP contribution in [0.25, 0.3) is 0 Å². The fourth-order valence-corrected chi connectivity index (χ4v) is 1.62. The third kappa shape index (κ3) is 2.80. The normalized spacial score (nSPS) is 14.6. The molecule has 1 amide bonds. The Balaban J connectivity index is 2.07. The van der Waals surface area contributed by atoms with E-state index in [1.807, 2.05) is 12.1 Å². The number of ether oxygens (including phenoxy) is 2. The van der Waals surface area contributed by atoms with Crippen LogP contribution in [0.5, 0.6) is 11.5 Å². The predicted molar refractivity (Wildman–Crippen MR) is 68.0 cm³/mol. The first-order valence-electron chi connectivity index (χ1n) is 5.80. The van der Waals surface area contributed by atoms with Gasteiger partial charge in [-0.2, -0.15) is 5.10 Å². The summed E-state index contributed by atoms with van der Waals surface area (Å²) in [4.78, 5) is 11.4. The molecule has 0 aliphatic heterocycles. The molecule has 2 rings (SSSR count). The van der Waals surface area contributed by atoms with Crippen molar-refractivity contribution in [3.63, 3.8) is 0 Å². The first-order valence-corrected chi connectivity index (χ1v) is 5.80. The lowest BCUT2D eigenvalue weighted by Gasteiger charge is -2.09. The van der Waals surface area contributed by atoms with Crippen molar-refractivity contribution in [1.29, 1.82) is 0 Å². The molecule has 0 spiro atoms. The Kier molecular flexibility index (Phi) is 3.82. The zero-order chi connectivity index (χ0) is 13.0.